The average Bonchev–Trinajstić information content (AvgIpc) is 2.73. The Labute approximate surface area is 169 Å². The minimum absolute atomic E-state index is 0.160. The summed E-state index contributed by atoms with van der Waals surface area (Å²) in [5, 5.41) is 4.16. The summed E-state index contributed by atoms with van der Waals surface area (Å²) >= 11 is 0. The van der Waals surface area contributed by atoms with Crippen LogP contribution in [0.15, 0.2) is 47.6 Å². The average molecular weight is 399 g/mol. The fraction of sp³-hybridized carbons (Fsp3) is 0.368. The molecule has 0 unspecified atom stereocenters. The second kappa shape index (κ2) is 9.69. The molecule has 1 aliphatic heterocycles. The van der Waals surface area contributed by atoms with Gasteiger partial charge >= 0.3 is 6.01 Å². The van der Waals surface area contributed by atoms with E-state index in [1.54, 1.807) is 22.0 Å². The SMILES string of the molecule is CN(C)c1nc(OC2=NN[C@@H](OCCOc3ccccc3)C=C2)nc(N(C)C)n1. The number of rotatable bonds is 8. The van der Waals surface area contributed by atoms with Gasteiger partial charge in [0.1, 0.15) is 12.4 Å². The highest BCUT2D eigenvalue weighted by Gasteiger charge is 2.15. The zero-order valence-electron chi connectivity index (χ0n) is 16.9. The number of anilines is 2. The van der Waals surface area contributed by atoms with E-state index in [9.17, 15) is 0 Å². The predicted molar refractivity (Wildman–Crippen MR) is 110 cm³/mol. The van der Waals surface area contributed by atoms with Crippen molar-refractivity contribution in [3.63, 3.8) is 0 Å². The highest BCUT2D eigenvalue weighted by molar-refractivity contribution is 5.89. The molecule has 1 aromatic carbocycles. The lowest BCUT2D eigenvalue weighted by Crippen LogP contribution is -2.32. The molecular weight excluding hydrogens is 374 g/mol. The maximum atomic E-state index is 5.67. The summed E-state index contributed by atoms with van der Waals surface area (Å²) in [6.07, 6.45) is 3.13. The van der Waals surface area contributed by atoms with Crippen LogP contribution >= 0.6 is 0 Å². The molecular formula is C19H25N7O3. The molecule has 29 heavy (non-hydrogen) atoms. The Kier molecular flexibility index (Phi) is 6.80. The zero-order valence-corrected chi connectivity index (χ0v) is 16.9. The van der Waals surface area contributed by atoms with Crippen LogP contribution in [-0.2, 0) is 4.74 Å². The molecule has 1 aliphatic rings. The molecule has 0 spiro atoms. The Balaban J connectivity index is 1.49. The molecule has 0 amide bonds. The Morgan fingerprint density at radius 1 is 0.931 bits per heavy atom. The number of benzene rings is 1. The van der Waals surface area contributed by atoms with E-state index in [-0.39, 0.29) is 12.2 Å². The first-order valence-corrected chi connectivity index (χ1v) is 9.11. The van der Waals surface area contributed by atoms with Crippen LogP contribution in [0, 0.1) is 0 Å². The van der Waals surface area contributed by atoms with E-state index in [0.29, 0.717) is 31.0 Å². The van der Waals surface area contributed by atoms with E-state index in [0.717, 1.165) is 5.75 Å². The van der Waals surface area contributed by atoms with E-state index in [2.05, 4.69) is 25.5 Å². The van der Waals surface area contributed by atoms with Crippen LogP contribution in [0.5, 0.6) is 11.8 Å². The van der Waals surface area contributed by atoms with Crippen LogP contribution in [-0.4, -0.2) is 68.5 Å². The van der Waals surface area contributed by atoms with Gasteiger partial charge in [0, 0.05) is 34.3 Å². The fourth-order valence-electron chi connectivity index (χ4n) is 2.25. The number of hydrogen-bond acceptors (Lipinski definition) is 10. The molecule has 1 atom stereocenters. The molecule has 10 heteroatoms. The molecule has 0 fully saturated rings. The zero-order chi connectivity index (χ0) is 20.6. The summed E-state index contributed by atoms with van der Waals surface area (Å²) in [4.78, 5) is 16.5. The molecule has 0 radical (unpaired) electrons. The molecule has 0 bridgehead atoms. The standard InChI is InChI=1S/C19H25N7O3/c1-25(2)17-20-18(26(3)4)22-19(21-17)29-16-11-10-15(23-24-16)28-13-12-27-14-8-6-5-7-9-14/h5-11,15,23H,12-13H2,1-4H3/t15-/m0/s1. The maximum absolute atomic E-state index is 5.67. The molecule has 3 rings (SSSR count). The number of nitrogens with zero attached hydrogens (tertiary/aromatic N) is 6. The van der Waals surface area contributed by atoms with Crippen LogP contribution in [0.3, 0.4) is 0 Å². The molecule has 1 aromatic heterocycles. The van der Waals surface area contributed by atoms with Crippen LogP contribution in [0.2, 0.25) is 0 Å². The predicted octanol–water partition coefficient (Wildman–Crippen LogP) is 1.28. The first-order valence-electron chi connectivity index (χ1n) is 9.11. The van der Waals surface area contributed by atoms with Gasteiger partial charge in [0.15, 0.2) is 6.23 Å². The third-order valence-electron chi connectivity index (χ3n) is 3.70. The van der Waals surface area contributed by atoms with Crippen molar-refractivity contribution in [3.05, 3.63) is 42.5 Å². The van der Waals surface area contributed by atoms with Gasteiger partial charge in [0.25, 0.3) is 0 Å². The first-order chi connectivity index (χ1) is 14.0. The Hall–Kier alpha value is -3.40. The summed E-state index contributed by atoms with van der Waals surface area (Å²) in [7, 11) is 7.40. The van der Waals surface area contributed by atoms with Gasteiger partial charge in [-0.2, -0.15) is 15.0 Å². The van der Waals surface area contributed by atoms with Gasteiger partial charge in [-0.15, -0.1) is 5.10 Å². The van der Waals surface area contributed by atoms with Gasteiger partial charge < -0.3 is 24.0 Å². The molecule has 154 valence electrons. The Morgan fingerprint density at radius 2 is 1.62 bits per heavy atom. The first kappa shape index (κ1) is 20.3. The highest BCUT2D eigenvalue weighted by atomic mass is 16.5. The Bertz CT molecular complexity index is 830. The monoisotopic (exact) mass is 399 g/mol. The van der Waals surface area contributed by atoms with Crippen molar-refractivity contribution >= 4 is 17.8 Å². The number of nitrogens with one attached hydrogen (secondary N) is 1. The van der Waals surface area contributed by atoms with E-state index >= 15 is 0 Å². The van der Waals surface area contributed by atoms with Gasteiger partial charge in [-0.05, 0) is 18.2 Å². The molecule has 0 aliphatic carbocycles. The number of aromatic nitrogens is 3. The molecule has 2 heterocycles. The van der Waals surface area contributed by atoms with Crippen LogP contribution in [0.4, 0.5) is 11.9 Å². The maximum Gasteiger partial charge on any atom is 0.330 e. The summed E-state index contributed by atoms with van der Waals surface area (Å²) in [6.45, 7) is 0.850. The van der Waals surface area contributed by atoms with Gasteiger partial charge in [-0.3, -0.25) is 5.43 Å². The topological polar surface area (TPSA) is 97.2 Å². The summed E-state index contributed by atoms with van der Waals surface area (Å²) in [6, 6.07) is 9.75. The van der Waals surface area contributed by atoms with Crippen LogP contribution in [0.25, 0.3) is 0 Å². The summed E-state index contributed by atoms with van der Waals surface area (Å²) in [5.41, 5.74) is 2.87. The van der Waals surface area contributed by atoms with Crippen molar-refractivity contribution < 1.29 is 14.2 Å². The van der Waals surface area contributed by atoms with Crippen molar-refractivity contribution in [3.8, 4) is 11.8 Å². The van der Waals surface area contributed by atoms with E-state index < -0.39 is 0 Å². The quantitative estimate of drug-likeness (QED) is 0.658. The molecule has 10 nitrogen and oxygen atoms in total. The number of hydrazone groups is 1. The van der Waals surface area contributed by atoms with E-state index in [1.807, 2.05) is 58.5 Å². The lowest BCUT2D eigenvalue weighted by molar-refractivity contribution is 0.0412. The molecule has 0 saturated heterocycles. The molecule has 2 aromatic rings. The van der Waals surface area contributed by atoms with Crippen molar-refractivity contribution in [1.29, 1.82) is 0 Å². The largest absolute Gasteiger partial charge is 0.491 e. The minimum Gasteiger partial charge on any atom is -0.491 e. The number of ether oxygens (including phenoxy) is 3. The van der Waals surface area contributed by atoms with Gasteiger partial charge in [0.05, 0.1) is 6.61 Å². The van der Waals surface area contributed by atoms with Gasteiger partial charge in [-0.25, -0.2) is 0 Å². The smallest absolute Gasteiger partial charge is 0.330 e. The summed E-state index contributed by atoms with van der Waals surface area (Å²) in [5.74, 6) is 2.12. The van der Waals surface area contributed by atoms with Gasteiger partial charge in [-0.1, -0.05) is 18.2 Å². The third-order valence-corrected chi connectivity index (χ3v) is 3.70. The van der Waals surface area contributed by atoms with Crippen molar-refractivity contribution in [2.45, 2.75) is 6.23 Å². The van der Waals surface area contributed by atoms with E-state index in [1.165, 1.54) is 0 Å². The highest BCUT2D eigenvalue weighted by Crippen LogP contribution is 2.15. The van der Waals surface area contributed by atoms with Crippen molar-refractivity contribution in [1.82, 2.24) is 20.4 Å². The second-order valence-corrected chi connectivity index (χ2v) is 6.50. The minimum atomic E-state index is -0.366. The molecule has 1 N–H and O–H groups in total. The van der Waals surface area contributed by atoms with Gasteiger partial charge in [0.2, 0.25) is 17.8 Å². The van der Waals surface area contributed by atoms with Crippen LogP contribution < -0.4 is 24.7 Å². The molecule has 0 saturated carbocycles. The third kappa shape index (κ3) is 6.04. The number of para-hydroxylation sites is 1. The van der Waals surface area contributed by atoms with Crippen molar-refractivity contribution in [2.24, 2.45) is 5.10 Å². The van der Waals surface area contributed by atoms with Crippen molar-refractivity contribution in [2.75, 3.05) is 51.2 Å². The summed E-state index contributed by atoms with van der Waals surface area (Å²) < 4.78 is 16.9. The second-order valence-electron chi connectivity index (χ2n) is 6.50. The Morgan fingerprint density at radius 3 is 2.21 bits per heavy atom. The normalized spacial score (nSPS) is 15.3. The van der Waals surface area contributed by atoms with E-state index in [4.69, 9.17) is 14.2 Å². The van der Waals surface area contributed by atoms with Crippen LogP contribution in [0.1, 0.15) is 0 Å². The fourth-order valence-corrected chi connectivity index (χ4v) is 2.25. The number of hydrogen-bond donors (Lipinski definition) is 1. The lowest BCUT2D eigenvalue weighted by Gasteiger charge is -2.19. The lowest BCUT2D eigenvalue weighted by atomic mass is 10.3.